The molecule has 2 heterocycles. The van der Waals surface area contributed by atoms with Crippen LogP contribution in [0.2, 0.25) is 0 Å². The number of hydrogen-bond donors (Lipinski definition) is 0. The lowest BCUT2D eigenvalue weighted by atomic mass is 10.0. The molecule has 7 nitrogen and oxygen atoms in total. The SMILES string of the molecule is CN(C)S(=O)(=O)c1ccc(C(=O)N2CCC[C@@H]2c2ccc3c(c2)OCCCO3)cc1. The van der Waals surface area contributed by atoms with Crippen molar-refractivity contribution in [1.29, 1.82) is 0 Å². The van der Waals surface area contributed by atoms with E-state index in [9.17, 15) is 13.2 Å². The Morgan fingerprint density at radius 3 is 2.40 bits per heavy atom. The van der Waals surface area contributed by atoms with Crippen molar-refractivity contribution in [1.82, 2.24) is 9.21 Å². The maximum atomic E-state index is 13.2. The van der Waals surface area contributed by atoms with Crippen molar-refractivity contribution in [2.24, 2.45) is 0 Å². The van der Waals surface area contributed by atoms with Gasteiger partial charge in [0.25, 0.3) is 5.91 Å². The second-order valence-electron chi connectivity index (χ2n) is 7.73. The molecule has 8 heteroatoms. The average molecular weight is 431 g/mol. The number of nitrogens with zero attached hydrogens (tertiary/aromatic N) is 2. The Balaban J connectivity index is 1.56. The molecule has 2 aromatic rings. The molecule has 0 aromatic heterocycles. The summed E-state index contributed by atoms with van der Waals surface area (Å²) in [4.78, 5) is 15.2. The first kappa shape index (κ1) is 20.7. The zero-order valence-electron chi connectivity index (χ0n) is 17.2. The van der Waals surface area contributed by atoms with E-state index in [0.717, 1.165) is 40.6 Å². The number of hydrogen-bond acceptors (Lipinski definition) is 5. The predicted octanol–water partition coefficient (Wildman–Crippen LogP) is 3.08. The lowest BCUT2D eigenvalue weighted by molar-refractivity contribution is 0.0735. The third kappa shape index (κ3) is 3.89. The fourth-order valence-electron chi connectivity index (χ4n) is 3.89. The van der Waals surface area contributed by atoms with Gasteiger partial charge in [-0.15, -0.1) is 0 Å². The number of fused-ring (bicyclic) bond motifs is 1. The maximum Gasteiger partial charge on any atom is 0.254 e. The van der Waals surface area contributed by atoms with Crippen LogP contribution in [0.15, 0.2) is 47.4 Å². The maximum absolute atomic E-state index is 13.2. The first-order chi connectivity index (χ1) is 14.4. The van der Waals surface area contributed by atoms with Crippen LogP contribution in [0, 0.1) is 0 Å². The highest BCUT2D eigenvalue weighted by atomic mass is 32.2. The van der Waals surface area contributed by atoms with Crippen molar-refractivity contribution < 1.29 is 22.7 Å². The molecule has 30 heavy (non-hydrogen) atoms. The summed E-state index contributed by atoms with van der Waals surface area (Å²) in [6.07, 6.45) is 2.63. The van der Waals surface area contributed by atoms with Crippen molar-refractivity contribution >= 4 is 15.9 Å². The van der Waals surface area contributed by atoms with Gasteiger partial charge in [0.2, 0.25) is 10.0 Å². The number of sulfonamides is 1. The summed E-state index contributed by atoms with van der Waals surface area (Å²) in [5, 5.41) is 0. The number of ether oxygens (including phenoxy) is 2. The Bertz CT molecular complexity index is 1030. The average Bonchev–Trinajstić information content (AvgIpc) is 3.11. The van der Waals surface area contributed by atoms with E-state index in [1.165, 1.54) is 26.2 Å². The lowest BCUT2D eigenvalue weighted by Gasteiger charge is -2.26. The quantitative estimate of drug-likeness (QED) is 0.745. The molecule has 0 radical (unpaired) electrons. The van der Waals surface area contributed by atoms with Crippen LogP contribution in [0.3, 0.4) is 0 Å². The van der Waals surface area contributed by atoms with Gasteiger partial charge >= 0.3 is 0 Å². The lowest BCUT2D eigenvalue weighted by Crippen LogP contribution is -2.30. The molecule has 2 aromatic carbocycles. The molecular formula is C22H26N2O5S. The summed E-state index contributed by atoms with van der Waals surface area (Å²) < 4.78 is 37.2. The molecule has 2 aliphatic heterocycles. The van der Waals surface area contributed by atoms with Crippen molar-refractivity contribution in [2.75, 3.05) is 33.9 Å². The van der Waals surface area contributed by atoms with Gasteiger partial charge in [0.05, 0.1) is 24.2 Å². The van der Waals surface area contributed by atoms with E-state index in [2.05, 4.69) is 0 Å². The van der Waals surface area contributed by atoms with Crippen LogP contribution in [0.25, 0.3) is 0 Å². The molecule has 1 fully saturated rings. The largest absolute Gasteiger partial charge is 0.490 e. The molecule has 160 valence electrons. The van der Waals surface area contributed by atoms with Crippen LogP contribution < -0.4 is 9.47 Å². The molecule has 4 rings (SSSR count). The number of likely N-dealkylation sites (tertiary alicyclic amines) is 1. The van der Waals surface area contributed by atoms with Gasteiger partial charge < -0.3 is 14.4 Å². The summed E-state index contributed by atoms with van der Waals surface area (Å²) in [7, 11) is -0.552. The second kappa shape index (κ2) is 8.28. The van der Waals surface area contributed by atoms with E-state index < -0.39 is 10.0 Å². The van der Waals surface area contributed by atoms with E-state index in [-0.39, 0.29) is 16.8 Å². The Labute approximate surface area is 177 Å². The van der Waals surface area contributed by atoms with Gasteiger partial charge in [-0.1, -0.05) is 6.07 Å². The van der Waals surface area contributed by atoms with Gasteiger partial charge in [0.1, 0.15) is 0 Å². The molecule has 0 unspecified atom stereocenters. The van der Waals surface area contributed by atoms with Crippen LogP contribution in [0.4, 0.5) is 0 Å². The fourth-order valence-corrected chi connectivity index (χ4v) is 4.79. The van der Waals surface area contributed by atoms with Crippen LogP contribution in [-0.4, -0.2) is 57.4 Å². The molecule has 0 bridgehead atoms. The van der Waals surface area contributed by atoms with Crippen molar-refractivity contribution in [3.8, 4) is 11.5 Å². The van der Waals surface area contributed by atoms with E-state index in [1.54, 1.807) is 12.1 Å². The standard InChI is InChI=1S/C22H26N2O5S/c1-23(2)30(26,27)18-9-6-16(7-10-18)22(25)24-12-3-5-19(24)17-8-11-20-21(15-17)29-14-4-13-28-20/h6-11,15,19H,3-5,12-14H2,1-2H3/t19-/m1/s1. The van der Waals surface area contributed by atoms with Crippen molar-refractivity contribution in [2.45, 2.75) is 30.2 Å². The molecule has 0 aliphatic carbocycles. The normalized spacial score (nSPS) is 19.0. The zero-order valence-corrected chi connectivity index (χ0v) is 18.0. The van der Waals surface area contributed by atoms with E-state index in [4.69, 9.17) is 9.47 Å². The van der Waals surface area contributed by atoms with Gasteiger partial charge in [-0.3, -0.25) is 4.79 Å². The summed E-state index contributed by atoms with van der Waals surface area (Å²) in [5.41, 5.74) is 1.51. The molecule has 1 amide bonds. The van der Waals surface area contributed by atoms with Crippen LogP contribution in [0.5, 0.6) is 11.5 Å². The molecule has 0 spiro atoms. The van der Waals surface area contributed by atoms with E-state index in [1.807, 2.05) is 23.1 Å². The molecule has 0 N–H and O–H groups in total. The fraction of sp³-hybridized carbons (Fsp3) is 0.409. The van der Waals surface area contributed by atoms with Gasteiger partial charge in [-0.2, -0.15) is 0 Å². The Kier molecular flexibility index (Phi) is 5.71. The first-order valence-electron chi connectivity index (χ1n) is 10.1. The number of rotatable bonds is 4. The Morgan fingerprint density at radius 2 is 1.70 bits per heavy atom. The minimum atomic E-state index is -3.52. The van der Waals surface area contributed by atoms with Gasteiger partial charge in [-0.05, 0) is 54.8 Å². The third-order valence-electron chi connectivity index (χ3n) is 5.55. The zero-order chi connectivity index (χ0) is 21.3. The number of carbonyl (C=O) groups is 1. The monoisotopic (exact) mass is 430 g/mol. The minimum absolute atomic E-state index is 0.0418. The van der Waals surface area contributed by atoms with E-state index in [0.29, 0.717) is 25.3 Å². The number of amides is 1. The summed E-state index contributed by atoms with van der Waals surface area (Å²) in [6.45, 7) is 1.92. The number of benzene rings is 2. The summed E-state index contributed by atoms with van der Waals surface area (Å²) in [5.74, 6) is 1.37. The van der Waals surface area contributed by atoms with Crippen LogP contribution in [0.1, 0.15) is 41.2 Å². The molecule has 1 saturated heterocycles. The molecule has 0 saturated carbocycles. The van der Waals surface area contributed by atoms with Gasteiger partial charge in [0.15, 0.2) is 11.5 Å². The molecule has 2 aliphatic rings. The summed E-state index contributed by atoms with van der Waals surface area (Å²) in [6, 6.07) is 12.0. The van der Waals surface area contributed by atoms with Crippen molar-refractivity contribution in [3.05, 3.63) is 53.6 Å². The summed E-state index contributed by atoms with van der Waals surface area (Å²) >= 11 is 0. The van der Waals surface area contributed by atoms with Crippen LogP contribution in [-0.2, 0) is 10.0 Å². The topological polar surface area (TPSA) is 76.2 Å². The first-order valence-corrected chi connectivity index (χ1v) is 11.5. The second-order valence-corrected chi connectivity index (χ2v) is 9.88. The van der Waals surface area contributed by atoms with Crippen molar-refractivity contribution in [3.63, 3.8) is 0 Å². The Hall–Kier alpha value is -2.58. The smallest absolute Gasteiger partial charge is 0.254 e. The van der Waals surface area contributed by atoms with Gasteiger partial charge in [0, 0.05) is 32.6 Å². The highest BCUT2D eigenvalue weighted by molar-refractivity contribution is 7.89. The highest BCUT2D eigenvalue weighted by Crippen LogP contribution is 2.38. The van der Waals surface area contributed by atoms with Crippen LogP contribution >= 0.6 is 0 Å². The third-order valence-corrected chi connectivity index (χ3v) is 7.38. The minimum Gasteiger partial charge on any atom is -0.490 e. The molecule has 1 atom stereocenters. The highest BCUT2D eigenvalue weighted by Gasteiger charge is 2.31. The van der Waals surface area contributed by atoms with Gasteiger partial charge in [-0.25, -0.2) is 12.7 Å². The van der Waals surface area contributed by atoms with E-state index >= 15 is 0 Å². The Morgan fingerprint density at radius 1 is 1.00 bits per heavy atom. The molecular weight excluding hydrogens is 404 g/mol. The predicted molar refractivity (Wildman–Crippen MR) is 112 cm³/mol. The number of carbonyl (C=O) groups excluding carboxylic acids is 1.